The summed E-state index contributed by atoms with van der Waals surface area (Å²) >= 11 is 0. The fourth-order valence-electron chi connectivity index (χ4n) is 4.24. The van der Waals surface area contributed by atoms with Gasteiger partial charge in [-0.1, -0.05) is 31.9 Å². The molecular weight excluding hydrogens is 352 g/mol. The van der Waals surface area contributed by atoms with Gasteiger partial charge < -0.3 is 15.2 Å². The highest BCUT2D eigenvalue weighted by molar-refractivity contribution is 5.87. The quantitative estimate of drug-likeness (QED) is 0.734. The maximum absolute atomic E-state index is 12.8. The Morgan fingerprint density at radius 2 is 1.68 bits per heavy atom. The Balaban J connectivity index is 1.59. The highest BCUT2D eigenvalue weighted by atomic mass is 16.2. The number of carbonyl (C=O) groups excluding carboxylic acids is 2. The van der Waals surface area contributed by atoms with Crippen LogP contribution in [0.2, 0.25) is 0 Å². The van der Waals surface area contributed by atoms with Gasteiger partial charge in [-0.25, -0.2) is 4.98 Å². The maximum atomic E-state index is 12.8. The van der Waals surface area contributed by atoms with Gasteiger partial charge in [0.15, 0.2) is 0 Å². The molecule has 2 atom stereocenters. The lowest BCUT2D eigenvalue weighted by molar-refractivity contribution is -0.136. The summed E-state index contributed by atoms with van der Waals surface area (Å²) in [6, 6.07) is 8.11. The van der Waals surface area contributed by atoms with Crippen molar-refractivity contribution < 1.29 is 9.59 Å². The first-order chi connectivity index (χ1) is 13.7. The molecule has 2 amide bonds. The Morgan fingerprint density at radius 1 is 1.04 bits per heavy atom. The molecule has 1 fully saturated rings. The zero-order valence-electron chi connectivity index (χ0n) is 17.0. The van der Waals surface area contributed by atoms with Crippen LogP contribution < -0.4 is 10.6 Å². The van der Waals surface area contributed by atoms with Gasteiger partial charge in [-0.3, -0.25) is 9.59 Å². The second-order valence-electron chi connectivity index (χ2n) is 7.59. The fraction of sp³-hybridized carbons (Fsp3) is 0.591. The number of para-hydroxylation sites is 2. The molecule has 1 aliphatic rings. The van der Waals surface area contributed by atoms with Crippen LogP contribution in [0.3, 0.4) is 0 Å². The zero-order chi connectivity index (χ0) is 19.9. The molecule has 152 valence electrons. The Kier molecular flexibility index (Phi) is 7.06. The smallest absolute Gasteiger partial charge is 0.223 e. The molecule has 0 saturated heterocycles. The summed E-state index contributed by atoms with van der Waals surface area (Å²) in [5.41, 5.74) is 2.12. The third-order valence-corrected chi connectivity index (χ3v) is 5.69. The van der Waals surface area contributed by atoms with Crippen molar-refractivity contribution in [1.29, 1.82) is 0 Å². The molecule has 0 bridgehead atoms. The Bertz CT molecular complexity index is 814. The molecule has 1 aromatic carbocycles. The first-order valence-corrected chi connectivity index (χ1v) is 10.6. The van der Waals surface area contributed by atoms with E-state index in [9.17, 15) is 9.59 Å². The fourth-order valence-corrected chi connectivity index (χ4v) is 4.24. The van der Waals surface area contributed by atoms with Crippen molar-refractivity contribution in [2.75, 3.05) is 13.1 Å². The number of carbonyl (C=O) groups is 2. The summed E-state index contributed by atoms with van der Waals surface area (Å²) in [6.07, 6.45) is 5.24. The molecule has 2 N–H and O–H groups in total. The largest absolute Gasteiger partial charge is 0.356 e. The number of hydrogen-bond acceptors (Lipinski definition) is 3. The van der Waals surface area contributed by atoms with Gasteiger partial charge in [0.05, 0.1) is 11.0 Å². The van der Waals surface area contributed by atoms with Crippen molar-refractivity contribution in [2.24, 2.45) is 11.8 Å². The molecule has 6 nitrogen and oxygen atoms in total. The predicted molar refractivity (Wildman–Crippen MR) is 111 cm³/mol. The molecule has 1 heterocycles. The van der Waals surface area contributed by atoms with E-state index in [0.29, 0.717) is 19.5 Å². The highest BCUT2D eigenvalue weighted by Crippen LogP contribution is 2.30. The van der Waals surface area contributed by atoms with Crippen LogP contribution in [-0.4, -0.2) is 34.5 Å². The third kappa shape index (κ3) is 4.54. The predicted octanol–water partition coefficient (Wildman–Crippen LogP) is 3.05. The minimum Gasteiger partial charge on any atom is -0.356 e. The normalized spacial score (nSPS) is 19.5. The standard InChI is InChI=1S/C22H32N4O2/c1-3-14-23-21(27)16-9-5-6-10-17(16)22(28)24-15-13-20-25-18-11-7-8-12-19(18)26(20)4-2/h7-8,11-12,16-17H,3-6,9-10,13-15H2,1-2H3,(H,23,27)(H,24,28)/t16-,17+/m0/s1. The minimum absolute atomic E-state index is 0.00973. The summed E-state index contributed by atoms with van der Waals surface area (Å²) in [6.45, 7) is 6.22. The monoisotopic (exact) mass is 384 g/mol. The van der Waals surface area contributed by atoms with Crippen LogP contribution in [0.1, 0.15) is 51.8 Å². The SMILES string of the molecule is CCCNC(=O)[C@H]1CCCC[C@H]1C(=O)NCCc1nc2ccccc2n1CC. The molecule has 3 rings (SSSR count). The van der Waals surface area contributed by atoms with Gasteiger partial charge in [-0.05, 0) is 38.3 Å². The average molecular weight is 385 g/mol. The molecule has 1 saturated carbocycles. The van der Waals surface area contributed by atoms with Crippen LogP contribution >= 0.6 is 0 Å². The van der Waals surface area contributed by atoms with Crippen molar-refractivity contribution in [1.82, 2.24) is 20.2 Å². The van der Waals surface area contributed by atoms with Gasteiger partial charge in [0.25, 0.3) is 0 Å². The van der Waals surface area contributed by atoms with Crippen molar-refractivity contribution >= 4 is 22.8 Å². The molecule has 6 heteroatoms. The van der Waals surface area contributed by atoms with E-state index < -0.39 is 0 Å². The molecule has 0 unspecified atom stereocenters. The number of aryl methyl sites for hydroxylation is 1. The Morgan fingerprint density at radius 3 is 2.32 bits per heavy atom. The van der Waals surface area contributed by atoms with E-state index in [0.717, 1.165) is 55.5 Å². The van der Waals surface area contributed by atoms with Crippen molar-refractivity contribution in [3.05, 3.63) is 30.1 Å². The third-order valence-electron chi connectivity index (χ3n) is 5.69. The van der Waals surface area contributed by atoms with E-state index >= 15 is 0 Å². The molecule has 0 aliphatic heterocycles. The van der Waals surface area contributed by atoms with Crippen molar-refractivity contribution in [2.45, 2.75) is 58.9 Å². The van der Waals surface area contributed by atoms with Crippen LogP contribution in [0.25, 0.3) is 11.0 Å². The molecule has 2 aromatic rings. The topological polar surface area (TPSA) is 76.0 Å². The molecule has 1 aliphatic carbocycles. The number of aromatic nitrogens is 2. The lowest BCUT2D eigenvalue weighted by atomic mass is 9.78. The van der Waals surface area contributed by atoms with E-state index in [2.05, 4.69) is 28.2 Å². The van der Waals surface area contributed by atoms with Crippen LogP contribution in [0.15, 0.2) is 24.3 Å². The van der Waals surface area contributed by atoms with Gasteiger partial charge in [-0.2, -0.15) is 0 Å². The first-order valence-electron chi connectivity index (χ1n) is 10.6. The van der Waals surface area contributed by atoms with E-state index in [1.54, 1.807) is 0 Å². The van der Waals surface area contributed by atoms with Crippen LogP contribution in [0.5, 0.6) is 0 Å². The molecule has 0 radical (unpaired) electrons. The number of fused-ring (bicyclic) bond motifs is 1. The summed E-state index contributed by atoms with van der Waals surface area (Å²) < 4.78 is 2.20. The van der Waals surface area contributed by atoms with Crippen LogP contribution in [0, 0.1) is 11.8 Å². The first kappa shape index (κ1) is 20.4. The lowest BCUT2D eigenvalue weighted by Gasteiger charge is -2.29. The maximum Gasteiger partial charge on any atom is 0.223 e. The summed E-state index contributed by atoms with van der Waals surface area (Å²) in [7, 11) is 0. The molecule has 0 spiro atoms. The van der Waals surface area contributed by atoms with Gasteiger partial charge in [0.2, 0.25) is 11.8 Å². The number of amides is 2. The second kappa shape index (κ2) is 9.71. The summed E-state index contributed by atoms with van der Waals surface area (Å²) in [5.74, 6) is 0.631. The van der Waals surface area contributed by atoms with E-state index in [1.807, 2.05) is 25.1 Å². The number of benzene rings is 1. The minimum atomic E-state index is -0.212. The second-order valence-corrected chi connectivity index (χ2v) is 7.59. The van der Waals surface area contributed by atoms with Gasteiger partial charge >= 0.3 is 0 Å². The lowest BCUT2D eigenvalue weighted by Crippen LogP contribution is -2.44. The van der Waals surface area contributed by atoms with Crippen molar-refractivity contribution in [3.8, 4) is 0 Å². The van der Waals surface area contributed by atoms with Crippen LogP contribution in [-0.2, 0) is 22.6 Å². The number of hydrogen-bond donors (Lipinski definition) is 2. The number of nitrogens with zero attached hydrogens (tertiary/aromatic N) is 2. The zero-order valence-corrected chi connectivity index (χ0v) is 17.0. The molecule has 28 heavy (non-hydrogen) atoms. The van der Waals surface area contributed by atoms with E-state index in [4.69, 9.17) is 4.98 Å². The van der Waals surface area contributed by atoms with Gasteiger partial charge in [-0.15, -0.1) is 0 Å². The number of nitrogens with one attached hydrogen (secondary N) is 2. The highest BCUT2D eigenvalue weighted by Gasteiger charge is 2.35. The summed E-state index contributed by atoms with van der Waals surface area (Å²) in [4.78, 5) is 29.9. The van der Waals surface area contributed by atoms with Crippen molar-refractivity contribution in [3.63, 3.8) is 0 Å². The van der Waals surface area contributed by atoms with Gasteiger partial charge in [0, 0.05) is 37.9 Å². The van der Waals surface area contributed by atoms with E-state index in [1.165, 1.54) is 0 Å². The number of rotatable bonds is 8. The molecule has 1 aromatic heterocycles. The van der Waals surface area contributed by atoms with E-state index in [-0.39, 0.29) is 23.7 Å². The average Bonchev–Trinajstić information content (AvgIpc) is 3.09. The van der Waals surface area contributed by atoms with Gasteiger partial charge in [0.1, 0.15) is 5.82 Å². The summed E-state index contributed by atoms with van der Waals surface area (Å²) in [5, 5.41) is 6.03. The van der Waals surface area contributed by atoms with Crippen LogP contribution in [0.4, 0.5) is 0 Å². The Labute approximate surface area is 167 Å². The molecular formula is C22H32N4O2. The Hall–Kier alpha value is -2.37. The number of imidazole rings is 1.